The Morgan fingerprint density at radius 3 is 2.62 bits per heavy atom. The van der Waals surface area contributed by atoms with Crippen molar-refractivity contribution in [2.75, 3.05) is 43.6 Å². The van der Waals surface area contributed by atoms with Crippen molar-refractivity contribution in [3.8, 4) is 23.1 Å². The standard InChI is InChI=1S/C26H25N5O3/c27-24-25(28-16-29-26(24)34-21-7-3-5-19-4-1-2-6-20(19)21)31-12-10-30(11-13-31)15-18-8-9-22-23(14-18)33-17-32-22/h1-9,14,16H,10-13,15,17,27H2. The molecule has 1 saturated heterocycles. The summed E-state index contributed by atoms with van der Waals surface area (Å²) in [5.74, 6) is 3.46. The molecule has 2 aliphatic rings. The minimum atomic E-state index is 0.296. The molecule has 0 aliphatic carbocycles. The first-order valence-electron chi connectivity index (χ1n) is 11.4. The van der Waals surface area contributed by atoms with Gasteiger partial charge in [0.15, 0.2) is 17.3 Å². The Kier molecular flexibility index (Phi) is 5.27. The maximum atomic E-state index is 6.49. The first kappa shape index (κ1) is 20.6. The van der Waals surface area contributed by atoms with Crippen molar-refractivity contribution in [3.63, 3.8) is 0 Å². The van der Waals surface area contributed by atoms with E-state index in [4.69, 9.17) is 19.9 Å². The minimum Gasteiger partial charge on any atom is -0.454 e. The van der Waals surface area contributed by atoms with Gasteiger partial charge in [-0.05, 0) is 29.1 Å². The predicted octanol–water partition coefficient (Wildman–Crippen LogP) is 4.06. The molecule has 34 heavy (non-hydrogen) atoms. The quantitative estimate of drug-likeness (QED) is 0.482. The van der Waals surface area contributed by atoms with Gasteiger partial charge in [0.05, 0.1) is 0 Å². The van der Waals surface area contributed by atoms with Crippen molar-refractivity contribution in [2.45, 2.75) is 6.54 Å². The van der Waals surface area contributed by atoms with E-state index in [1.807, 2.05) is 36.4 Å². The molecule has 172 valence electrons. The second-order valence-electron chi connectivity index (χ2n) is 8.45. The molecule has 3 aromatic carbocycles. The SMILES string of the molecule is Nc1c(Oc2cccc3ccccc23)ncnc1N1CCN(Cc2ccc3c(c2)OCO3)CC1. The van der Waals surface area contributed by atoms with Gasteiger partial charge in [0.25, 0.3) is 0 Å². The van der Waals surface area contributed by atoms with Crippen LogP contribution in [0.2, 0.25) is 0 Å². The summed E-state index contributed by atoms with van der Waals surface area (Å²) >= 11 is 0. The molecule has 8 nitrogen and oxygen atoms in total. The summed E-state index contributed by atoms with van der Waals surface area (Å²) in [6.07, 6.45) is 1.52. The average Bonchev–Trinajstić information content (AvgIpc) is 3.34. The van der Waals surface area contributed by atoms with Gasteiger partial charge in [-0.2, -0.15) is 4.98 Å². The van der Waals surface area contributed by atoms with Crippen LogP contribution in [-0.2, 0) is 6.54 Å². The molecular formula is C26H25N5O3. The van der Waals surface area contributed by atoms with Gasteiger partial charge in [0, 0.05) is 38.1 Å². The summed E-state index contributed by atoms with van der Waals surface area (Å²) in [6, 6.07) is 20.2. The summed E-state index contributed by atoms with van der Waals surface area (Å²) in [5.41, 5.74) is 8.16. The van der Waals surface area contributed by atoms with E-state index >= 15 is 0 Å². The van der Waals surface area contributed by atoms with Crippen molar-refractivity contribution in [2.24, 2.45) is 0 Å². The maximum absolute atomic E-state index is 6.49. The number of piperazine rings is 1. The number of hydrogen-bond acceptors (Lipinski definition) is 8. The highest BCUT2D eigenvalue weighted by Crippen LogP contribution is 2.35. The molecule has 8 heteroatoms. The molecule has 0 amide bonds. The van der Waals surface area contributed by atoms with Gasteiger partial charge < -0.3 is 24.8 Å². The Morgan fingerprint density at radius 2 is 1.71 bits per heavy atom. The Labute approximate surface area is 197 Å². The molecule has 2 N–H and O–H groups in total. The lowest BCUT2D eigenvalue weighted by molar-refractivity contribution is 0.174. The van der Waals surface area contributed by atoms with Crippen LogP contribution in [0.1, 0.15) is 5.56 Å². The van der Waals surface area contributed by atoms with Crippen LogP contribution < -0.4 is 24.8 Å². The number of nitrogen functional groups attached to an aromatic ring is 1. The van der Waals surface area contributed by atoms with Crippen LogP contribution in [0.3, 0.4) is 0 Å². The highest BCUT2D eigenvalue weighted by atomic mass is 16.7. The number of rotatable bonds is 5. The number of benzene rings is 3. The van der Waals surface area contributed by atoms with E-state index in [-0.39, 0.29) is 0 Å². The minimum absolute atomic E-state index is 0.296. The van der Waals surface area contributed by atoms with Crippen LogP contribution in [0.5, 0.6) is 23.1 Å². The van der Waals surface area contributed by atoms with E-state index in [0.29, 0.717) is 24.2 Å². The smallest absolute Gasteiger partial charge is 0.248 e. The lowest BCUT2D eigenvalue weighted by Gasteiger charge is -2.35. The van der Waals surface area contributed by atoms with Crippen LogP contribution in [0.25, 0.3) is 10.8 Å². The van der Waals surface area contributed by atoms with Crippen LogP contribution in [0.4, 0.5) is 11.5 Å². The first-order chi connectivity index (χ1) is 16.7. The number of nitrogens with zero attached hydrogens (tertiary/aromatic N) is 4. The first-order valence-corrected chi connectivity index (χ1v) is 11.4. The Morgan fingerprint density at radius 1 is 0.882 bits per heavy atom. The normalized spacial score (nSPS) is 15.6. The highest BCUT2D eigenvalue weighted by Gasteiger charge is 2.23. The van der Waals surface area contributed by atoms with Gasteiger partial charge in [-0.25, -0.2) is 4.98 Å². The second kappa shape index (κ2) is 8.72. The summed E-state index contributed by atoms with van der Waals surface area (Å²) in [7, 11) is 0. The zero-order valence-corrected chi connectivity index (χ0v) is 18.7. The second-order valence-corrected chi connectivity index (χ2v) is 8.45. The van der Waals surface area contributed by atoms with Crippen LogP contribution in [-0.4, -0.2) is 47.8 Å². The molecule has 3 heterocycles. The molecule has 1 fully saturated rings. The molecule has 1 aromatic heterocycles. The van der Waals surface area contributed by atoms with E-state index in [9.17, 15) is 0 Å². The van der Waals surface area contributed by atoms with E-state index in [0.717, 1.165) is 60.7 Å². The summed E-state index contributed by atoms with van der Waals surface area (Å²) in [4.78, 5) is 13.4. The van der Waals surface area contributed by atoms with Crippen LogP contribution in [0, 0.1) is 0 Å². The lowest BCUT2D eigenvalue weighted by Crippen LogP contribution is -2.46. The molecule has 0 saturated carbocycles. The van der Waals surface area contributed by atoms with Gasteiger partial charge in [-0.15, -0.1) is 0 Å². The third kappa shape index (κ3) is 3.92. The molecule has 0 radical (unpaired) electrons. The lowest BCUT2D eigenvalue weighted by atomic mass is 10.1. The summed E-state index contributed by atoms with van der Waals surface area (Å²) in [5, 5.41) is 2.12. The molecular weight excluding hydrogens is 430 g/mol. The van der Waals surface area contributed by atoms with Gasteiger partial charge >= 0.3 is 0 Å². The van der Waals surface area contributed by atoms with E-state index in [1.54, 1.807) is 0 Å². The Bertz CT molecular complexity index is 1330. The predicted molar refractivity (Wildman–Crippen MR) is 131 cm³/mol. The summed E-state index contributed by atoms with van der Waals surface area (Å²) < 4.78 is 17.1. The number of nitrogens with two attached hydrogens (primary N) is 1. The summed E-state index contributed by atoms with van der Waals surface area (Å²) in [6.45, 7) is 4.59. The Balaban J connectivity index is 1.14. The molecule has 0 unspecified atom stereocenters. The molecule has 0 bridgehead atoms. The monoisotopic (exact) mass is 455 g/mol. The number of anilines is 2. The third-order valence-electron chi connectivity index (χ3n) is 6.30. The Hall–Kier alpha value is -4.04. The van der Waals surface area contributed by atoms with Crippen molar-refractivity contribution in [1.29, 1.82) is 0 Å². The van der Waals surface area contributed by atoms with Gasteiger partial charge in [0.1, 0.15) is 17.8 Å². The van der Waals surface area contributed by atoms with Crippen LogP contribution in [0.15, 0.2) is 67.0 Å². The fraction of sp³-hybridized carbons (Fsp3) is 0.231. The number of fused-ring (bicyclic) bond motifs is 2. The van der Waals surface area contributed by atoms with Gasteiger partial charge in [0.2, 0.25) is 12.7 Å². The molecule has 0 spiro atoms. The van der Waals surface area contributed by atoms with Crippen LogP contribution >= 0.6 is 0 Å². The fourth-order valence-electron chi connectivity index (χ4n) is 4.51. The number of aromatic nitrogens is 2. The van der Waals surface area contributed by atoms with E-state index in [2.05, 4.69) is 44.0 Å². The van der Waals surface area contributed by atoms with Gasteiger partial charge in [-0.1, -0.05) is 42.5 Å². The molecule has 2 aliphatic heterocycles. The molecule has 0 atom stereocenters. The third-order valence-corrected chi connectivity index (χ3v) is 6.30. The highest BCUT2D eigenvalue weighted by molar-refractivity contribution is 5.88. The van der Waals surface area contributed by atoms with E-state index < -0.39 is 0 Å². The number of hydrogen-bond donors (Lipinski definition) is 1. The van der Waals surface area contributed by atoms with Crippen molar-refractivity contribution in [1.82, 2.24) is 14.9 Å². The van der Waals surface area contributed by atoms with Crippen molar-refractivity contribution >= 4 is 22.3 Å². The van der Waals surface area contributed by atoms with Crippen molar-refractivity contribution in [3.05, 3.63) is 72.6 Å². The molecule has 4 aromatic rings. The molecule has 6 rings (SSSR count). The average molecular weight is 456 g/mol. The van der Waals surface area contributed by atoms with Crippen molar-refractivity contribution < 1.29 is 14.2 Å². The topological polar surface area (TPSA) is 86.0 Å². The van der Waals surface area contributed by atoms with E-state index in [1.165, 1.54) is 11.9 Å². The zero-order chi connectivity index (χ0) is 22.9. The zero-order valence-electron chi connectivity index (χ0n) is 18.7. The number of ether oxygens (including phenoxy) is 3. The maximum Gasteiger partial charge on any atom is 0.248 e. The van der Waals surface area contributed by atoms with Gasteiger partial charge in [-0.3, -0.25) is 4.90 Å². The fourth-order valence-corrected chi connectivity index (χ4v) is 4.51. The largest absolute Gasteiger partial charge is 0.454 e.